The predicted octanol–water partition coefficient (Wildman–Crippen LogP) is 1.36. The van der Waals surface area contributed by atoms with Gasteiger partial charge in [-0.3, -0.25) is 4.79 Å². The predicted molar refractivity (Wildman–Crippen MR) is 75.8 cm³/mol. The van der Waals surface area contributed by atoms with Crippen molar-refractivity contribution in [1.82, 2.24) is 15.2 Å². The molecule has 0 bridgehead atoms. The Morgan fingerprint density at radius 3 is 2.85 bits per heavy atom. The summed E-state index contributed by atoms with van der Waals surface area (Å²) in [6, 6.07) is -0.186. The Balaban J connectivity index is 1.77. The number of urea groups is 1. The number of aryl methyl sites for hydroxylation is 1. The van der Waals surface area contributed by atoms with Crippen LogP contribution >= 0.6 is 11.3 Å². The molecule has 2 atom stereocenters. The third-order valence-corrected chi connectivity index (χ3v) is 4.52. The van der Waals surface area contributed by atoms with E-state index in [2.05, 4.69) is 10.3 Å². The fraction of sp³-hybridized carbons (Fsp3) is 0.615. The summed E-state index contributed by atoms with van der Waals surface area (Å²) >= 11 is 1.58. The smallest absolute Gasteiger partial charge is 0.317 e. The van der Waals surface area contributed by atoms with Crippen molar-refractivity contribution in [3.05, 3.63) is 16.1 Å². The number of carbonyl (C=O) groups is 2. The zero-order valence-electron chi connectivity index (χ0n) is 11.6. The van der Waals surface area contributed by atoms with E-state index in [9.17, 15) is 9.59 Å². The van der Waals surface area contributed by atoms with Crippen molar-refractivity contribution in [3.8, 4) is 0 Å². The lowest BCUT2D eigenvalue weighted by Crippen LogP contribution is -2.39. The van der Waals surface area contributed by atoms with Gasteiger partial charge in [-0.05, 0) is 12.8 Å². The largest absolute Gasteiger partial charge is 0.481 e. The molecule has 7 heteroatoms. The molecule has 2 amide bonds. The Kier molecular flexibility index (Phi) is 4.59. The summed E-state index contributed by atoms with van der Waals surface area (Å²) in [7, 11) is 0. The number of hydrogen-bond donors (Lipinski definition) is 2. The van der Waals surface area contributed by atoms with Crippen LogP contribution in [0.1, 0.15) is 17.6 Å². The second-order valence-electron chi connectivity index (χ2n) is 5.19. The first kappa shape index (κ1) is 14.8. The number of carboxylic acids is 1. The highest BCUT2D eigenvalue weighted by molar-refractivity contribution is 7.09. The third-order valence-electron chi connectivity index (χ3n) is 3.50. The highest BCUT2D eigenvalue weighted by Crippen LogP contribution is 2.22. The van der Waals surface area contributed by atoms with Gasteiger partial charge in [0.15, 0.2) is 0 Å². The van der Waals surface area contributed by atoms with E-state index in [1.807, 2.05) is 19.2 Å². The Morgan fingerprint density at radius 2 is 2.30 bits per heavy atom. The van der Waals surface area contributed by atoms with Crippen LogP contribution in [-0.2, 0) is 11.2 Å². The molecule has 2 unspecified atom stereocenters. The van der Waals surface area contributed by atoms with Gasteiger partial charge in [-0.15, -0.1) is 11.3 Å². The maximum Gasteiger partial charge on any atom is 0.317 e. The summed E-state index contributed by atoms with van der Waals surface area (Å²) < 4.78 is 0. The molecule has 1 aromatic rings. The second kappa shape index (κ2) is 6.21. The van der Waals surface area contributed by atoms with E-state index in [0.717, 1.165) is 10.7 Å². The first-order valence-electron chi connectivity index (χ1n) is 6.64. The zero-order chi connectivity index (χ0) is 14.7. The van der Waals surface area contributed by atoms with E-state index in [1.165, 1.54) is 0 Å². The van der Waals surface area contributed by atoms with Gasteiger partial charge in [-0.2, -0.15) is 0 Å². The summed E-state index contributed by atoms with van der Waals surface area (Å²) in [4.78, 5) is 28.9. The van der Waals surface area contributed by atoms with Gasteiger partial charge in [0, 0.05) is 37.1 Å². The fourth-order valence-electron chi connectivity index (χ4n) is 2.36. The SMILES string of the molecule is Cc1csc(CCNC(=O)N2CC(C)C(C(=O)O)C2)n1. The fourth-order valence-corrected chi connectivity index (χ4v) is 3.14. The van der Waals surface area contributed by atoms with E-state index in [1.54, 1.807) is 16.2 Å². The number of aliphatic carboxylic acids is 1. The highest BCUT2D eigenvalue weighted by Gasteiger charge is 2.36. The average Bonchev–Trinajstić information content (AvgIpc) is 2.95. The molecule has 0 aromatic carbocycles. The topological polar surface area (TPSA) is 82.5 Å². The molecule has 110 valence electrons. The van der Waals surface area contributed by atoms with Crippen LogP contribution in [0.4, 0.5) is 4.79 Å². The van der Waals surface area contributed by atoms with Crippen LogP contribution in [0.3, 0.4) is 0 Å². The minimum Gasteiger partial charge on any atom is -0.481 e. The molecule has 6 nitrogen and oxygen atoms in total. The van der Waals surface area contributed by atoms with Crippen LogP contribution in [0.5, 0.6) is 0 Å². The molecule has 1 aliphatic heterocycles. The molecule has 0 saturated carbocycles. The Morgan fingerprint density at radius 1 is 1.55 bits per heavy atom. The van der Waals surface area contributed by atoms with E-state index < -0.39 is 11.9 Å². The summed E-state index contributed by atoms with van der Waals surface area (Å²) in [6.45, 7) is 5.12. The Labute approximate surface area is 121 Å². The van der Waals surface area contributed by atoms with Crippen LogP contribution in [0.2, 0.25) is 0 Å². The van der Waals surface area contributed by atoms with E-state index >= 15 is 0 Å². The van der Waals surface area contributed by atoms with Crippen molar-refractivity contribution < 1.29 is 14.7 Å². The van der Waals surface area contributed by atoms with Crippen LogP contribution in [0, 0.1) is 18.8 Å². The quantitative estimate of drug-likeness (QED) is 0.879. The van der Waals surface area contributed by atoms with Crippen LogP contribution < -0.4 is 5.32 Å². The van der Waals surface area contributed by atoms with Gasteiger partial charge < -0.3 is 15.3 Å². The van der Waals surface area contributed by atoms with Gasteiger partial charge in [0.05, 0.1) is 10.9 Å². The van der Waals surface area contributed by atoms with Crippen LogP contribution in [0.25, 0.3) is 0 Å². The Hall–Kier alpha value is -1.63. The highest BCUT2D eigenvalue weighted by atomic mass is 32.1. The van der Waals surface area contributed by atoms with Gasteiger partial charge in [-0.25, -0.2) is 9.78 Å². The van der Waals surface area contributed by atoms with E-state index in [-0.39, 0.29) is 11.9 Å². The van der Waals surface area contributed by atoms with Crippen molar-refractivity contribution >= 4 is 23.3 Å². The number of carboxylic acid groups (broad SMARTS) is 1. The molecule has 1 saturated heterocycles. The molecule has 2 heterocycles. The molecule has 1 aliphatic rings. The van der Waals surface area contributed by atoms with Crippen molar-refractivity contribution in [2.24, 2.45) is 11.8 Å². The van der Waals surface area contributed by atoms with E-state index in [4.69, 9.17) is 5.11 Å². The van der Waals surface area contributed by atoms with Crippen molar-refractivity contribution in [2.45, 2.75) is 20.3 Å². The number of likely N-dealkylation sites (tertiary alicyclic amines) is 1. The molecule has 1 aromatic heterocycles. The number of carbonyl (C=O) groups excluding carboxylic acids is 1. The summed E-state index contributed by atoms with van der Waals surface area (Å²) in [5.74, 6) is -1.28. The van der Waals surface area contributed by atoms with Crippen LogP contribution in [0.15, 0.2) is 5.38 Å². The van der Waals surface area contributed by atoms with Gasteiger partial charge in [0.1, 0.15) is 0 Å². The molecule has 2 rings (SSSR count). The molecule has 20 heavy (non-hydrogen) atoms. The lowest BCUT2D eigenvalue weighted by Gasteiger charge is -2.16. The lowest BCUT2D eigenvalue weighted by atomic mass is 9.99. The maximum atomic E-state index is 12.0. The minimum atomic E-state index is -0.828. The van der Waals surface area contributed by atoms with E-state index in [0.29, 0.717) is 26.1 Å². The second-order valence-corrected chi connectivity index (χ2v) is 6.13. The third kappa shape index (κ3) is 3.47. The molecule has 0 spiro atoms. The monoisotopic (exact) mass is 297 g/mol. The first-order valence-corrected chi connectivity index (χ1v) is 7.52. The number of rotatable bonds is 4. The van der Waals surface area contributed by atoms with Gasteiger partial charge in [-0.1, -0.05) is 6.92 Å². The van der Waals surface area contributed by atoms with Crippen molar-refractivity contribution in [3.63, 3.8) is 0 Å². The number of thiazole rings is 1. The summed E-state index contributed by atoms with van der Waals surface area (Å²) in [6.07, 6.45) is 0.704. The van der Waals surface area contributed by atoms with Crippen LogP contribution in [-0.4, -0.2) is 46.6 Å². The van der Waals surface area contributed by atoms with Crippen molar-refractivity contribution in [2.75, 3.05) is 19.6 Å². The maximum absolute atomic E-state index is 12.0. The number of nitrogens with zero attached hydrogens (tertiary/aromatic N) is 2. The average molecular weight is 297 g/mol. The number of aromatic nitrogens is 1. The summed E-state index contributed by atoms with van der Waals surface area (Å²) in [5.41, 5.74) is 0.994. The summed E-state index contributed by atoms with van der Waals surface area (Å²) in [5, 5.41) is 14.9. The van der Waals surface area contributed by atoms with Crippen molar-refractivity contribution in [1.29, 1.82) is 0 Å². The molecule has 2 N–H and O–H groups in total. The first-order chi connectivity index (χ1) is 9.47. The normalized spacial score (nSPS) is 22.0. The molecule has 0 radical (unpaired) electrons. The lowest BCUT2D eigenvalue weighted by molar-refractivity contribution is -0.142. The number of amides is 2. The molecule has 1 fully saturated rings. The minimum absolute atomic E-state index is 0.000128. The van der Waals surface area contributed by atoms with Gasteiger partial charge >= 0.3 is 12.0 Å². The number of nitrogens with one attached hydrogen (secondary N) is 1. The molecular weight excluding hydrogens is 278 g/mol. The Bertz CT molecular complexity index is 503. The zero-order valence-corrected chi connectivity index (χ0v) is 12.4. The standard InChI is InChI=1S/C13H19N3O3S/c1-8-5-16(6-10(8)12(17)18)13(19)14-4-3-11-15-9(2)7-20-11/h7-8,10H,3-6H2,1-2H3,(H,14,19)(H,17,18). The van der Waals surface area contributed by atoms with Gasteiger partial charge in [0.25, 0.3) is 0 Å². The number of hydrogen-bond acceptors (Lipinski definition) is 4. The molecule has 0 aliphatic carbocycles. The van der Waals surface area contributed by atoms with Gasteiger partial charge in [0.2, 0.25) is 0 Å². The molecular formula is C13H19N3O3S.